The monoisotopic (exact) mass is 435 g/mol. The number of hydrogen-bond donors (Lipinski definition) is 1. The Morgan fingerprint density at radius 2 is 1.88 bits per heavy atom. The van der Waals surface area contributed by atoms with Crippen LogP contribution in [0.15, 0.2) is 57.8 Å². The van der Waals surface area contributed by atoms with E-state index in [2.05, 4.69) is 26.3 Å². The van der Waals surface area contributed by atoms with Gasteiger partial charge < -0.3 is 5.32 Å². The maximum atomic E-state index is 13.9. The molecule has 132 valence electrons. The summed E-state index contributed by atoms with van der Waals surface area (Å²) >= 11 is 9.02. The van der Waals surface area contributed by atoms with Gasteiger partial charge >= 0.3 is 0 Å². The molecule has 26 heavy (non-hydrogen) atoms. The number of carbonyl (C=O) groups excluding carboxylic acids is 1. The zero-order valence-electron chi connectivity index (χ0n) is 13.5. The highest BCUT2D eigenvalue weighted by Gasteiger charge is 2.17. The first-order valence-corrected chi connectivity index (χ1v) is 8.65. The predicted molar refractivity (Wildman–Crippen MR) is 102 cm³/mol. The zero-order chi connectivity index (χ0) is 18.8. The van der Waals surface area contributed by atoms with E-state index in [1.165, 1.54) is 22.9 Å². The van der Waals surface area contributed by atoms with Gasteiger partial charge in [0.25, 0.3) is 5.91 Å². The molecule has 0 aliphatic carbocycles. The van der Waals surface area contributed by atoms with E-state index in [0.29, 0.717) is 20.9 Å². The van der Waals surface area contributed by atoms with Gasteiger partial charge in [-0.2, -0.15) is 5.10 Å². The average Bonchev–Trinajstić information content (AvgIpc) is 2.58. The molecule has 0 aliphatic rings. The number of nitrogens with one attached hydrogen (secondary N) is 1. The number of rotatable bonds is 3. The van der Waals surface area contributed by atoms with Gasteiger partial charge in [0.1, 0.15) is 5.82 Å². The Hall–Kier alpha value is -2.51. The fourth-order valence-electron chi connectivity index (χ4n) is 2.32. The summed E-state index contributed by atoms with van der Waals surface area (Å²) in [7, 11) is 0. The summed E-state index contributed by atoms with van der Waals surface area (Å²) in [4.78, 5) is 24.6. The first-order chi connectivity index (χ1) is 12.3. The van der Waals surface area contributed by atoms with Crippen LogP contribution in [0, 0.1) is 12.7 Å². The lowest BCUT2D eigenvalue weighted by Gasteiger charge is -2.12. The molecular weight excluding hydrogens is 425 g/mol. The molecule has 0 fully saturated rings. The van der Waals surface area contributed by atoms with Crippen molar-refractivity contribution in [3.05, 3.63) is 85.5 Å². The van der Waals surface area contributed by atoms with E-state index in [9.17, 15) is 14.0 Å². The van der Waals surface area contributed by atoms with E-state index >= 15 is 0 Å². The van der Waals surface area contributed by atoms with E-state index in [1.54, 1.807) is 37.3 Å². The molecule has 0 saturated carbocycles. The Morgan fingerprint density at radius 3 is 2.54 bits per heavy atom. The first-order valence-electron chi connectivity index (χ1n) is 7.48. The van der Waals surface area contributed by atoms with E-state index in [1.807, 2.05) is 0 Å². The average molecular weight is 437 g/mol. The lowest BCUT2D eigenvalue weighted by Crippen LogP contribution is -2.27. The van der Waals surface area contributed by atoms with Crippen LogP contribution in [0.25, 0.3) is 5.69 Å². The van der Waals surface area contributed by atoms with Gasteiger partial charge in [-0.15, -0.1) is 0 Å². The third-order valence-corrected chi connectivity index (χ3v) is 4.32. The van der Waals surface area contributed by atoms with Crippen LogP contribution in [0.4, 0.5) is 10.1 Å². The summed E-state index contributed by atoms with van der Waals surface area (Å²) in [5.74, 6) is -1.42. The lowest BCUT2D eigenvalue weighted by atomic mass is 10.2. The van der Waals surface area contributed by atoms with E-state index in [4.69, 9.17) is 11.6 Å². The molecule has 0 aliphatic heterocycles. The van der Waals surface area contributed by atoms with Crippen molar-refractivity contribution in [1.29, 1.82) is 0 Å². The van der Waals surface area contributed by atoms with Crippen LogP contribution in [0.5, 0.6) is 0 Å². The molecule has 0 bridgehead atoms. The summed E-state index contributed by atoms with van der Waals surface area (Å²) in [5, 5.41) is 7.05. The number of anilines is 1. The molecule has 0 atom stereocenters. The third-order valence-electron chi connectivity index (χ3n) is 3.57. The minimum Gasteiger partial charge on any atom is -0.318 e. The number of halogens is 3. The highest BCUT2D eigenvalue weighted by atomic mass is 79.9. The van der Waals surface area contributed by atoms with Gasteiger partial charge in [0.2, 0.25) is 5.43 Å². The molecule has 1 heterocycles. The van der Waals surface area contributed by atoms with Crippen LogP contribution in [-0.4, -0.2) is 15.7 Å². The van der Waals surface area contributed by atoms with E-state index in [-0.39, 0.29) is 11.4 Å². The normalized spacial score (nSPS) is 10.6. The summed E-state index contributed by atoms with van der Waals surface area (Å²) in [5.41, 5.74) is 0.244. The fourth-order valence-corrected chi connectivity index (χ4v) is 2.78. The van der Waals surface area contributed by atoms with Gasteiger partial charge in [-0.05, 0) is 49.4 Å². The highest BCUT2D eigenvalue weighted by molar-refractivity contribution is 9.10. The van der Waals surface area contributed by atoms with Crippen molar-refractivity contribution in [2.45, 2.75) is 6.92 Å². The van der Waals surface area contributed by atoms with Crippen LogP contribution in [-0.2, 0) is 0 Å². The Balaban J connectivity index is 1.99. The maximum Gasteiger partial charge on any atom is 0.280 e. The number of aromatic nitrogens is 2. The van der Waals surface area contributed by atoms with Gasteiger partial charge in [0.15, 0.2) is 5.69 Å². The van der Waals surface area contributed by atoms with Crippen molar-refractivity contribution in [3.8, 4) is 5.69 Å². The van der Waals surface area contributed by atoms with Crippen LogP contribution < -0.4 is 10.7 Å². The minimum atomic E-state index is -0.793. The predicted octanol–water partition coefficient (Wildman–Crippen LogP) is 4.35. The molecular formula is C18H12BrClFN3O2. The molecule has 2 aromatic carbocycles. The summed E-state index contributed by atoms with van der Waals surface area (Å²) in [6.07, 6.45) is 0. The molecule has 1 amide bonds. The molecule has 0 unspecified atom stereocenters. The second-order valence-corrected chi connectivity index (χ2v) is 6.82. The number of amides is 1. The van der Waals surface area contributed by atoms with Gasteiger partial charge in [0.05, 0.1) is 11.4 Å². The first kappa shape index (κ1) is 18.3. The Kier molecular flexibility index (Phi) is 5.20. The van der Waals surface area contributed by atoms with Crippen molar-refractivity contribution in [2.24, 2.45) is 0 Å². The lowest BCUT2D eigenvalue weighted by molar-refractivity contribution is 0.101. The van der Waals surface area contributed by atoms with Gasteiger partial charge in [-0.3, -0.25) is 9.59 Å². The highest BCUT2D eigenvalue weighted by Crippen LogP contribution is 2.20. The van der Waals surface area contributed by atoms with Crippen LogP contribution in [0.3, 0.4) is 0 Å². The summed E-state index contributed by atoms with van der Waals surface area (Å²) < 4.78 is 15.9. The number of benzene rings is 2. The number of carbonyl (C=O) groups is 1. The molecule has 5 nitrogen and oxygen atoms in total. The number of hydrogen-bond acceptors (Lipinski definition) is 3. The molecule has 0 spiro atoms. The third kappa shape index (κ3) is 3.84. The zero-order valence-corrected chi connectivity index (χ0v) is 15.8. The topological polar surface area (TPSA) is 64.0 Å². The smallest absolute Gasteiger partial charge is 0.280 e. The summed E-state index contributed by atoms with van der Waals surface area (Å²) in [6, 6.07) is 12.3. The van der Waals surface area contributed by atoms with Crippen LogP contribution >= 0.6 is 27.5 Å². The Morgan fingerprint density at radius 1 is 1.19 bits per heavy atom. The molecule has 0 saturated heterocycles. The van der Waals surface area contributed by atoms with Crippen molar-refractivity contribution in [2.75, 3.05) is 5.32 Å². The van der Waals surface area contributed by atoms with Crippen molar-refractivity contribution in [1.82, 2.24) is 9.78 Å². The standard InChI is InChI=1S/C18H12BrClFN3O2/c1-10-8-16(25)17(23-24(10)13-5-3-12(20)4-6-13)18(26)22-15-7-2-11(19)9-14(15)21/h2-9H,1H3,(H,22,26). The molecule has 1 aromatic heterocycles. The van der Waals surface area contributed by atoms with E-state index < -0.39 is 17.2 Å². The molecule has 3 aromatic rings. The second-order valence-electron chi connectivity index (χ2n) is 5.47. The van der Waals surface area contributed by atoms with E-state index in [0.717, 1.165) is 0 Å². The largest absolute Gasteiger partial charge is 0.318 e. The van der Waals surface area contributed by atoms with Crippen LogP contribution in [0.2, 0.25) is 5.02 Å². The van der Waals surface area contributed by atoms with Crippen molar-refractivity contribution < 1.29 is 9.18 Å². The van der Waals surface area contributed by atoms with Crippen LogP contribution in [0.1, 0.15) is 16.2 Å². The van der Waals surface area contributed by atoms with Crippen molar-refractivity contribution >= 4 is 39.1 Å². The molecule has 3 rings (SSSR count). The maximum absolute atomic E-state index is 13.9. The quantitative estimate of drug-likeness (QED) is 0.664. The molecule has 1 N–H and O–H groups in total. The summed E-state index contributed by atoms with van der Waals surface area (Å²) in [6.45, 7) is 1.69. The Labute approximate surface area is 161 Å². The molecule has 0 radical (unpaired) electrons. The SMILES string of the molecule is Cc1cc(=O)c(C(=O)Nc2ccc(Br)cc2F)nn1-c1ccc(Cl)cc1. The van der Waals surface area contributed by atoms with Gasteiger partial charge in [-0.25, -0.2) is 9.07 Å². The number of nitrogens with zero attached hydrogens (tertiary/aromatic N) is 2. The number of aryl methyl sites for hydroxylation is 1. The van der Waals surface area contributed by atoms with Crippen molar-refractivity contribution in [3.63, 3.8) is 0 Å². The second kappa shape index (κ2) is 7.39. The minimum absolute atomic E-state index is 0.0435. The molecule has 8 heteroatoms. The fraction of sp³-hybridized carbons (Fsp3) is 0.0556. The van der Waals surface area contributed by atoms with Gasteiger partial charge in [0, 0.05) is 21.3 Å². The van der Waals surface area contributed by atoms with Gasteiger partial charge in [-0.1, -0.05) is 27.5 Å². The Bertz CT molecular complexity index is 1050.